The van der Waals surface area contributed by atoms with E-state index in [9.17, 15) is 15.0 Å². The number of aliphatic hydroxyl groups excluding tert-OH is 2. The van der Waals surface area contributed by atoms with Crippen LogP contribution in [0.25, 0.3) is 0 Å². The Morgan fingerprint density at radius 3 is 2.83 bits per heavy atom. The number of carbonyl (C=O) groups is 1. The van der Waals surface area contributed by atoms with Crippen molar-refractivity contribution in [2.24, 2.45) is 11.8 Å². The lowest BCUT2D eigenvalue weighted by Gasteiger charge is -2.59. The van der Waals surface area contributed by atoms with Gasteiger partial charge in [-0.3, -0.25) is 4.79 Å². The smallest absolute Gasteiger partial charge is 0.224 e. The largest absolute Gasteiger partial charge is 0.394 e. The topological polar surface area (TPSA) is 88.0 Å². The third-order valence-electron chi connectivity index (χ3n) is 7.14. The van der Waals surface area contributed by atoms with Gasteiger partial charge in [-0.15, -0.1) is 0 Å². The zero-order chi connectivity index (χ0) is 21.2. The quantitative estimate of drug-likeness (QED) is 0.595. The summed E-state index contributed by atoms with van der Waals surface area (Å²) >= 11 is 0. The van der Waals surface area contributed by atoms with Crippen molar-refractivity contribution < 1.29 is 24.5 Å². The molecule has 2 bridgehead atoms. The highest BCUT2D eigenvalue weighted by Gasteiger charge is 2.63. The molecule has 0 spiro atoms. The van der Waals surface area contributed by atoms with Crippen molar-refractivity contribution in [1.82, 2.24) is 5.32 Å². The number of hydrogen-bond acceptors (Lipinski definition) is 5. The second-order valence-electron chi connectivity index (χ2n) is 9.19. The summed E-state index contributed by atoms with van der Waals surface area (Å²) in [6.45, 7) is 2.39. The maximum absolute atomic E-state index is 12.9. The lowest BCUT2D eigenvalue weighted by molar-refractivity contribution is -0.239. The number of amides is 1. The van der Waals surface area contributed by atoms with Gasteiger partial charge < -0.3 is 25.0 Å². The number of carbonyl (C=O) groups excluding carboxylic acids is 1. The normalized spacial score (nSPS) is 36.9. The Hall–Kier alpha value is -1.73. The first-order valence-electron chi connectivity index (χ1n) is 11.0. The monoisotopic (exact) mass is 415 g/mol. The van der Waals surface area contributed by atoms with Gasteiger partial charge in [0.2, 0.25) is 5.91 Å². The number of nitrogens with one attached hydrogen (secondary N) is 1. The number of allylic oxidation sites excluding steroid dienone is 1. The molecule has 0 saturated carbocycles. The van der Waals surface area contributed by atoms with Crippen LogP contribution < -0.4 is 5.32 Å². The number of hydrogen-bond donors (Lipinski definition) is 3. The van der Waals surface area contributed by atoms with Gasteiger partial charge in [-0.25, -0.2) is 0 Å². The molecule has 1 aromatic rings. The van der Waals surface area contributed by atoms with Gasteiger partial charge in [0.25, 0.3) is 0 Å². The number of piperidine rings is 1. The van der Waals surface area contributed by atoms with Crippen molar-refractivity contribution in [3.05, 3.63) is 48.0 Å². The van der Waals surface area contributed by atoms with E-state index in [1.807, 2.05) is 43.3 Å². The molecule has 164 valence electrons. The second kappa shape index (κ2) is 8.79. The number of fused-ring (bicyclic) bond motifs is 2. The molecule has 1 aliphatic carbocycles. The lowest BCUT2D eigenvalue weighted by atomic mass is 9.63. The summed E-state index contributed by atoms with van der Waals surface area (Å²) in [5, 5.41) is 24.7. The average molecular weight is 416 g/mol. The van der Waals surface area contributed by atoms with Crippen LogP contribution in [0.15, 0.2) is 42.5 Å². The third kappa shape index (κ3) is 3.94. The minimum atomic E-state index is -1.23. The number of aliphatic hydroxyl groups is 2. The van der Waals surface area contributed by atoms with Crippen molar-refractivity contribution in [3.63, 3.8) is 0 Å². The molecular formula is C24H33NO5. The molecule has 4 rings (SSSR count). The Morgan fingerprint density at radius 1 is 1.33 bits per heavy atom. The lowest BCUT2D eigenvalue weighted by Crippen LogP contribution is -2.79. The van der Waals surface area contributed by atoms with E-state index in [-0.39, 0.29) is 30.5 Å². The zero-order valence-corrected chi connectivity index (χ0v) is 17.6. The van der Waals surface area contributed by atoms with Crippen LogP contribution in [0.3, 0.4) is 0 Å². The summed E-state index contributed by atoms with van der Waals surface area (Å²) in [5.74, 6) is -0.433. The zero-order valence-electron chi connectivity index (χ0n) is 17.6. The van der Waals surface area contributed by atoms with E-state index in [2.05, 4.69) is 11.4 Å². The third-order valence-corrected chi connectivity index (χ3v) is 7.14. The first kappa shape index (κ1) is 21.5. The summed E-state index contributed by atoms with van der Waals surface area (Å²) in [4.78, 5) is 12.9. The van der Waals surface area contributed by atoms with Crippen LogP contribution in [0.2, 0.25) is 0 Å². The molecule has 1 amide bonds. The Labute approximate surface area is 178 Å². The first-order chi connectivity index (χ1) is 14.5. The standard InChI is InChI=1S/C24H33NO5/c1-23-13-19(12-20(30-23)15-29-14-17-8-4-2-5-9-17)22(28)25-24(23,16-26)21(27)18-10-6-3-7-11-18/h2,4-6,8-10,18-21,26-27H,3,7,11-16H2,1H3,(H,25,28)/t18?,19-,20?,21?,23+,24-/m1/s1. The van der Waals surface area contributed by atoms with E-state index in [4.69, 9.17) is 9.47 Å². The van der Waals surface area contributed by atoms with Gasteiger partial charge in [-0.1, -0.05) is 42.5 Å². The molecule has 2 fully saturated rings. The predicted octanol–water partition coefficient (Wildman–Crippen LogP) is 2.34. The molecule has 6 heteroatoms. The minimum Gasteiger partial charge on any atom is -0.394 e. The maximum Gasteiger partial charge on any atom is 0.224 e. The summed E-state index contributed by atoms with van der Waals surface area (Å²) in [6, 6.07) is 9.94. The highest BCUT2D eigenvalue weighted by Crippen LogP contribution is 2.47. The molecule has 0 aromatic heterocycles. The van der Waals surface area contributed by atoms with E-state index in [0.717, 1.165) is 24.8 Å². The van der Waals surface area contributed by atoms with Crippen LogP contribution in [0, 0.1) is 11.8 Å². The molecule has 0 radical (unpaired) electrons. The van der Waals surface area contributed by atoms with Crippen molar-refractivity contribution in [2.75, 3.05) is 13.2 Å². The molecule has 6 nitrogen and oxygen atoms in total. The van der Waals surface area contributed by atoms with Gasteiger partial charge in [-0.05, 0) is 44.6 Å². The first-order valence-corrected chi connectivity index (χ1v) is 11.0. The van der Waals surface area contributed by atoms with Gasteiger partial charge in [0.05, 0.1) is 37.6 Å². The molecule has 3 unspecified atom stereocenters. The summed E-state index contributed by atoms with van der Waals surface area (Å²) < 4.78 is 12.4. The van der Waals surface area contributed by atoms with Gasteiger partial charge in [0.1, 0.15) is 5.54 Å². The minimum absolute atomic E-state index is 0.113. The van der Waals surface area contributed by atoms with Crippen LogP contribution in [0.1, 0.15) is 44.6 Å². The molecular weight excluding hydrogens is 382 g/mol. The van der Waals surface area contributed by atoms with Crippen LogP contribution in [0.4, 0.5) is 0 Å². The van der Waals surface area contributed by atoms with Crippen molar-refractivity contribution in [3.8, 4) is 0 Å². The Bertz CT molecular complexity index is 768. The highest BCUT2D eigenvalue weighted by molar-refractivity contribution is 5.81. The van der Waals surface area contributed by atoms with E-state index in [0.29, 0.717) is 26.1 Å². The highest BCUT2D eigenvalue weighted by atomic mass is 16.6. The number of ether oxygens (including phenoxy) is 2. The molecule has 6 atom stereocenters. The fourth-order valence-electron chi connectivity index (χ4n) is 5.41. The molecule has 1 aromatic carbocycles. The summed E-state index contributed by atoms with van der Waals surface area (Å²) in [5.41, 5.74) is -1.02. The number of rotatable bonds is 7. The molecule has 2 saturated heterocycles. The Balaban J connectivity index is 1.50. The van der Waals surface area contributed by atoms with Gasteiger partial charge in [0.15, 0.2) is 0 Å². The SMILES string of the molecule is C[C@@]12C[C@@H](CC(COCc3ccccc3)O1)C(=O)N[C@]2(CO)C(O)C1C=CCCC1. The van der Waals surface area contributed by atoms with Crippen molar-refractivity contribution in [1.29, 1.82) is 0 Å². The summed E-state index contributed by atoms with van der Waals surface area (Å²) in [6.07, 6.45) is 6.79. The van der Waals surface area contributed by atoms with Crippen LogP contribution in [-0.4, -0.2) is 52.7 Å². The molecule has 30 heavy (non-hydrogen) atoms. The average Bonchev–Trinajstić information content (AvgIpc) is 2.77. The van der Waals surface area contributed by atoms with Crippen LogP contribution in [0.5, 0.6) is 0 Å². The van der Waals surface area contributed by atoms with Crippen molar-refractivity contribution in [2.45, 2.75) is 69.0 Å². The van der Waals surface area contributed by atoms with E-state index in [1.54, 1.807) is 0 Å². The molecule has 3 aliphatic rings. The second-order valence-corrected chi connectivity index (χ2v) is 9.19. The maximum atomic E-state index is 12.9. The molecule has 3 N–H and O–H groups in total. The van der Waals surface area contributed by atoms with Crippen LogP contribution >= 0.6 is 0 Å². The Kier molecular flexibility index (Phi) is 6.30. The van der Waals surface area contributed by atoms with Crippen molar-refractivity contribution >= 4 is 5.91 Å². The van der Waals surface area contributed by atoms with E-state index < -0.39 is 17.2 Å². The molecule has 2 aliphatic heterocycles. The van der Waals surface area contributed by atoms with Gasteiger partial charge in [0, 0.05) is 11.8 Å². The van der Waals surface area contributed by atoms with Gasteiger partial charge in [-0.2, -0.15) is 0 Å². The predicted molar refractivity (Wildman–Crippen MR) is 113 cm³/mol. The Morgan fingerprint density at radius 2 is 2.13 bits per heavy atom. The van der Waals surface area contributed by atoms with E-state index >= 15 is 0 Å². The fourth-order valence-corrected chi connectivity index (χ4v) is 5.41. The van der Waals surface area contributed by atoms with E-state index in [1.165, 1.54) is 0 Å². The van der Waals surface area contributed by atoms with Gasteiger partial charge >= 0.3 is 0 Å². The number of benzene rings is 1. The summed E-state index contributed by atoms with van der Waals surface area (Å²) in [7, 11) is 0. The fraction of sp³-hybridized carbons (Fsp3) is 0.625. The molecule has 2 heterocycles. The van der Waals surface area contributed by atoms with Crippen LogP contribution in [-0.2, 0) is 20.9 Å².